The fourth-order valence-corrected chi connectivity index (χ4v) is 4.34. The van der Waals surface area contributed by atoms with Gasteiger partial charge in [0.05, 0.1) is 18.1 Å². The highest BCUT2D eigenvalue weighted by Crippen LogP contribution is 2.34. The Morgan fingerprint density at radius 1 is 1.19 bits per heavy atom. The van der Waals surface area contributed by atoms with E-state index in [0.717, 1.165) is 13.0 Å². The third kappa shape index (κ3) is 5.13. The lowest BCUT2D eigenvalue weighted by atomic mass is 9.99. The number of carbonyl (C=O) groups excluding carboxylic acids is 1. The molecule has 0 spiro atoms. The summed E-state index contributed by atoms with van der Waals surface area (Å²) < 4.78 is 40.2. The molecule has 32 heavy (non-hydrogen) atoms. The van der Waals surface area contributed by atoms with Crippen LogP contribution in [0.1, 0.15) is 33.9 Å². The number of nitrogens with zero attached hydrogens (tertiary/aromatic N) is 3. The first kappa shape index (κ1) is 22.8. The number of fused-ring (bicyclic) bond motifs is 2. The predicted molar refractivity (Wildman–Crippen MR) is 110 cm³/mol. The Bertz CT molecular complexity index is 962. The number of aliphatic hydroxyl groups is 2. The van der Waals surface area contributed by atoms with Crippen molar-refractivity contribution >= 4 is 5.91 Å². The van der Waals surface area contributed by atoms with Gasteiger partial charge in [0.1, 0.15) is 11.5 Å². The van der Waals surface area contributed by atoms with Crippen molar-refractivity contribution in [1.29, 1.82) is 0 Å². The number of alkyl halides is 3. The SMILES string of the molecule is O=C(NCC(O)C(O)CN1CCc2ccccc2C1)c1cn2c(n1)CCC(C(F)(F)F)C2. The molecule has 3 unspecified atom stereocenters. The van der Waals surface area contributed by atoms with E-state index >= 15 is 0 Å². The zero-order chi connectivity index (χ0) is 22.9. The van der Waals surface area contributed by atoms with E-state index in [1.165, 1.54) is 21.9 Å². The van der Waals surface area contributed by atoms with Crippen LogP contribution in [0.25, 0.3) is 0 Å². The molecule has 1 amide bonds. The zero-order valence-corrected chi connectivity index (χ0v) is 17.6. The molecule has 3 atom stereocenters. The number of hydrogen-bond donors (Lipinski definition) is 3. The maximum Gasteiger partial charge on any atom is 0.393 e. The summed E-state index contributed by atoms with van der Waals surface area (Å²) in [4.78, 5) is 18.6. The number of β-amino-alcohol motifs (C(OH)–C–C–N with tert-alkyl or cyclic N) is 1. The molecule has 10 heteroatoms. The Labute approximate surface area is 183 Å². The Morgan fingerprint density at radius 2 is 1.94 bits per heavy atom. The molecular weight excluding hydrogens is 425 g/mol. The Morgan fingerprint density at radius 3 is 2.69 bits per heavy atom. The smallest absolute Gasteiger partial charge is 0.389 e. The molecule has 4 rings (SSSR count). The van der Waals surface area contributed by atoms with E-state index in [4.69, 9.17) is 0 Å². The largest absolute Gasteiger partial charge is 0.393 e. The Kier molecular flexibility index (Phi) is 6.55. The molecule has 3 heterocycles. The lowest BCUT2D eigenvalue weighted by molar-refractivity contribution is -0.182. The van der Waals surface area contributed by atoms with Crippen molar-refractivity contribution in [2.45, 2.75) is 50.7 Å². The minimum Gasteiger partial charge on any atom is -0.389 e. The molecule has 2 aromatic rings. The molecule has 0 bridgehead atoms. The van der Waals surface area contributed by atoms with Crippen molar-refractivity contribution < 1.29 is 28.2 Å². The molecule has 0 radical (unpaired) electrons. The van der Waals surface area contributed by atoms with Gasteiger partial charge < -0.3 is 20.1 Å². The molecule has 174 valence electrons. The Hall–Kier alpha value is -2.43. The highest BCUT2D eigenvalue weighted by Gasteiger charge is 2.41. The fraction of sp³-hybridized carbons (Fsp3) is 0.545. The normalized spacial score (nSPS) is 20.8. The summed E-state index contributed by atoms with van der Waals surface area (Å²) in [7, 11) is 0. The Balaban J connectivity index is 1.27. The van der Waals surface area contributed by atoms with Crippen LogP contribution in [0.4, 0.5) is 13.2 Å². The van der Waals surface area contributed by atoms with Gasteiger partial charge in [0.25, 0.3) is 5.91 Å². The van der Waals surface area contributed by atoms with E-state index in [9.17, 15) is 28.2 Å². The average Bonchev–Trinajstić information content (AvgIpc) is 3.20. The van der Waals surface area contributed by atoms with Crippen LogP contribution < -0.4 is 5.32 Å². The molecule has 0 fully saturated rings. The maximum atomic E-state index is 13.0. The molecule has 2 aliphatic rings. The molecule has 1 aromatic carbocycles. The van der Waals surface area contributed by atoms with Crippen molar-refractivity contribution in [2.24, 2.45) is 5.92 Å². The zero-order valence-electron chi connectivity index (χ0n) is 17.6. The first-order chi connectivity index (χ1) is 15.2. The van der Waals surface area contributed by atoms with Crippen LogP contribution in [-0.2, 0) is 25.9 Å². The van der Waals surface area contributed by atoms with Crippen LogP contribution >= 0.6 is 0 Å². The summed E-state index contributed by atoms with van der Waals surface area (Å²) >= 11 is 0. The number of hydrogen-bond acceptors (Lipinski definition) is 5. The van der Waals surface area contributed by atoms with Gasteiger partial charge in [-0.3, -0.25) is 9.69 Å². The van der Waals surface area contributed by atoms with Gasteiger partial charge >= 0.3 is 6.18 Å². The molecule has 1 aromatic heterocycles. The molecule has 0 saturated heterocycles. The summed E-state index contributed by atoms with van der Waals surface area (Å²) in [6, 6.07) is 8.11. The number of amides is 1. The van der Waals surface area contributed by atoms with Gasteiger partial charge in [-0.15, -0.1) is 0 Å². The quantitative estimate of drug-likeness (QED) is 0.618. The summed E-state index contributed by atoms with van der Waals surface area (Å²) in [5, 5.41) is 23.2. The average molecular weight is 452 g/mol. The van der Waals surface area contributed by atoms with Crippen LogP contribution in [-0.4, -0.2) is 68.6 Å². The van der Waals surface area contributed by atoms with Gasteiger partial charge in [0.15, 0.2) is 0 Å². The van der Waals surface area contributed by atoms with Crippen molar-refractivity contribution in [2.75, 3.05) is 19.6 Å². The minimum atomic E-state index is -4.28. The number of aryl methyl sites for hydroxylation is 1. The highest BCUT2D eigenvalue weighted by molar-refractivity contribution is 5.92. The number of imidazole rings is 1. The van der Waals surface area contributed by atoms with Gasteiger partial charge in [-0.2, -0.15) is 13.2 Å². The highest BCUT2D eigenvalue weighted by atomic mass is 19.4. The van der Waals surface area contributed by atoms with E-state index in [2.05, 4.69) is 21.3 Å². The second-order valence-electron chi connectivity index (χ2n) is 8.57. The molecule has 7 nitrogen and oxygen atoms in total. The number of halogens is 3. The molecule has 0 aliphatic carbocycles. The summed E-state index contributed by atoms with van der Waals surface area (Å²) in [6.07, 6.45) is -4.22. The third-order valence-electron chi connectivity index (χ3n) is 6.26. The lowest BCUT2D eigenvalue weighted by Crippen LogP contribution is -2.46. The molecule has 2 aliphatic heterocycles. The van der Waals surface area contributed by atoms with Gasteiger partial charge in [0, 0.05) is 45.3 Å². The van der Waals surface area contributed by atoms with E-state index in [1.54, 1.807) is 0 Å². The number of aromatic nitrogens is 2. The van der Waals surface area contributed by atoms with Crippen molar-refractivity contribution in [3.05, 3.63) is 53.1 Å². The molecule has 3 N–H and O–H groups in total. The number of aliphatic hydroxyl groups excluding tert-OH is 2. The molecule has 0 saturated carbocycles. The van der Waals surface area contributed by atoms with E-state index in [1.807, 2.05) is 18.2 Å². The lowest BCUT2D eigenvalue weighted by Gasteiger charge is -2.31. The van der Waals surface area contributed by atoms with Crippen LogP contribution in [0.2, 0.25) is 0 Å². The summed E-state index contributed by atoms with van der Waals surface area (Å²) in [5.41, 5.74) is 2.50. The van der Waals surface area contributed by atoms with Gasteiger partial charge in [-0.05, 0) is 24.0 Å². The first-order valence-corrected chi connectivity index (χ1v) is 10.8. The van der Waals surface area contributed by atoms with Crippen LogP contribution in [0, 0.1) is 5.92 Å². The van der Waals surface area contributed by atoms with E-state index < -0.39 is 30.2 Å². The van der Waals surface area contributed by atoms with E-state index in [0.29, 0.717) is 12.4 Å². The summed E-state index contributed by atoms with van der Waals surface area (Å²) in [5.74, 6) is -1.59. The second kappa shape index (κ2) is 9.21. The predicted octanol–water partition coefficient (Wildman–Crippen LogP) is 1.52. The maximum absolute atomic E-state index is 13.0. The van der Waals surface area contributed by atoms with Crippen LogP contribution in [0.15, 0.2) is 30.5 Å². The number of nitrogens with one attached hydrogen (secondary N) is 1. The first-order valence-electron chi connectivity index (χ1n) is 10.8. The van der Waals surface area contributed by atoms with Crippen LogP contribution in [0.3, 0.4) is 0 Å². The van der Waals surface area contributed by atoms with Gasteiger partial charge in [0.2, 0.25) is 0 Å². The topological polar surface area (TPSA) is 90.6 Å². The monoisotopic (exact) mass is 452 g/mol. The number of rotatable bonds is 6. The number of benzene rings is 1. The van der Waals surface area contributed by atoms with Crippen molar-refractivity contribution in [3.8, 4) is 0 Å². The standard InChI is InChI=1S/C22H27F3N4O3/c23-22(24,25)16-5-6-20-27-17(12-29(20)11-16)21(32)26-9-18(30)19(31)13-28-8-7-14-3-1-2-4-15(14)10-28/h1-4,12,16,18-19,30-31H,5-11,13H2,(H,26,32). The molecular formula is C22H27F3N4O3. The minimum absolute atomic E-state index is 0.0113. The number of carbonyl (C=O) groups is 1. The summed E-state index contributed by atoms with van der Waals surface area (Å²) in [6.45, 7) is 1.29. The van der Waals surface area contributed by atoms with Crippen molar-refractivity contribution in [1.82, 2.24) is 19.8 Å². The second-order valence-corrected chi connectivity index (χ2v) is 8.57. The third-order valence-corrected chi connectivity index (χ3v) is 6.26. The van der Waals surface area contributed by atoms with Crippen molar-refractivity contribution in [3.63, 3.8) is 0 Å². The van der Waals surface area contributed by atoms with E-state index in [-0.39, 0.29) is 38.2 Å². The van der Waals surface area contributed by atoms with Crippen LogP contribution in [0.5, 0.6) is 0 Å². The fourth-order valence-electron chi connectivity index (χ4n) is 4.34. The van der Waals surface area contributed by atoms with Gasteiger partial charge in [-0.25, -0.2) is 4.98 Å². The van der Waals surface area contributed by atoms with Gasteiger partial charge in [-0.1, -0.05) is 24.3 Å².